The monoisotopic (exact) mass is 538 g/mol. The standard InChI is InChI=1S/C29H26N4O3.C2H4O2/c30-13-17-4-3-5-18(8-17)14-33-15-22(21-11-26-27(12-25(21)33)36-16-35-26)28-29(34)32-24-10-20-7-2-1-6-19(20)9-23(24)31-28;1-2(3)4/h3-5,8-12,15H,1-2,6-7,13-14,16,30H2,(H,32,34);1H3,(H,3,4). The van der Waals surface area contributed by atoms with Gasteiger partial charge >= 0.3 is 0 Å². The number of carboxylic acid groups (broad SMARTS) is 1. The maximum absolute atomic E-state index is 13.3. The maximum Gasteiger partial charge on any atom is 0.300 e. The molecule has 0 bridgehead atoms. The first-order valence-electron chi connectivity index (χ1n) is 13.4. The van der Waals surface area contributed by atoms with Gasteiger partial charge in [0.2, 0.25) is 6.79 Å². The molecule has 4 N–H and O–H groups in total. The summed E-state index contributed by atoms with van der Waals surface area (Å²) in [5, 5.41) is 8.32. The summed E-state index contributed by atoms with van der Waals surface area (Å²) in [6.45, 7) is 2.39. The SMILES string of the molecule is CC(=O)O.NCc1cccc(Cn2cc(-c3nc4cc5c(cc4[nH]c3=O)CCCC5)c3cc4c(cc32)OCO4)c1. The van der Waals surface area contributed by atoms with Crippen LogP contribution in [0, 0.1) is 0 Å². The van der Waals surface area contributed by atoms with Gasteiger partial charge in [-0.1, -0.05) is 24.3 Å². The highest BCUT2D eigenvalue weighted by Crippen LogP contribution is 2.40. The number of fused-ring (bicyclic) bond motifs is 4. The zero-order valence-electron chi connectivity index (χ0n) is 22.2. The number of H-pyrrole nitrogens is 1. The van der Waals surface area contributed by atoms with Crippen molar-refractivity contribution >= 4 is 27.9 Å². The predicted octanol–water partition coefficient (Wildman–Crippen LogP) is 4.75. The van der Waals surface area contributed by atoms with Gasteiger partial charge in [-0.05, 0) is 66.1 Å². The van der Waals surface area contributed by atoms with Crippen LogP contribution in [-0.4, -0.2) is 32.4 Å². The molecule has 7 rings (SSSR count). The fourth-order valence-corrected chi connectivity index (χ4v) is 5.55. The molecule has 0 radical (unpaired) electrons. The molecule has 9 nitrogen and oxygen atoms in total. The lowest BCUT2D eigenvalue weighted by atomic mass is 9.91. The molecule has 9 heteroatoms. The molecule has 5 aromatic rings. The molecular weight excluding hydrogens is 508 g/mol. The molecule has 3 aromatic carbocycles. The quantitative estimate of drug-likeness (QED) is 0.301. The number of aromatic amines is 1. The first-order valence-corrected chi connectivity index (χ1v) is 13.4. The van der Waals surface area contributed by atoms with Crippen LogP contribution in [0.3, 0.4) is 0 Å². The minimum atomic E-state index is -0.833. The fraction of sp³-hybridized carbons (Fsp3) is 0.258. The van der Waals surface area contributed by atoms with Crippen LogP contribution in [0.2, 0.25) is 0 Å². The second-order valence-corrected chi connectivity index (χ2v) is 10.2. The molecule has 0 amide bonds. The van der Waals surface area contributed by atoms with Crippen molar-refractivity contribution < 1.29 is 19.4 Å². The third-order valence-corrected chi connectivity index (χ3v) is 7.37. The zero-order valence-corrected chi connectivity index (χ0v) is 22.2. The molecule has 0 saturated heterocycles. The van der Waals surface area contributed by atoms with Gasteiger partial charge in [-0.2, -0.15) is 0 Å². The lowest BCUT2D eigenvalue weighted by Gasteiger charge is -2.16. The summed E-state index contributed by atoms with van der Waals surface area (Å²) in [6.07, 6.45) is 6.52. The molecule has 204 valence electrons. The van der Waals surface area contributed by atoms with Crippen molar-refractivity contribution in [1.29, 1.82) is 0 Å². The summed E-state index contributed by atoms with van der Waals surface area (Å²) in [7, 11) is 0. The average molecular weight is 539 g/mol. The molecule has 0 atom stereocenters. The number of hydrogen-bond acceptors (Lipinski definition) is 6. The number of rotatable bonds is 4. The van der Waals surface area contributed by atoms with E-state index in [9.17, 15) is 4.79 Å². The van der Waals surface area contributed by atoms with Crippen molar-refractivity contribution in [3.05, 3.63) is 87.3 Å². The van der Waals surface area contributed by atoms with Crippen LogP contribution < -0.4 is 20.8 Å². The van der Waals surface area contributed by atoms with E-state index >= 15 is 0 Å². The van der Waals surface area contributed by atoms with Gasteiger partial charge in [-0.15, -0.1) is 0 Å². The van der Waals surface area contributed by atoms with Gasteiger partial charge in [0.15, 0.2) is 11.5 Å². The van der Waals surface area contributed by atoms with E-state index in [1.807, 2.05) is 30.5 Å². The van der Waals surface area contributed by atoms with Gasteiger partial charge in [0, 0.05) is 43.2 Å². The number of carbonyl (C=O) groups is 1. The Balaban J connectivity index is 0.000000680. The predicted molar refractivity (Wildman–Crippen MR) is 153 cm³/mol. The van der Waals surface area contributed by atoms with Crippen molar-refractivity contribution in [2.45, 2.75) is 45.7 Å². The van der Waals surface area contributed by atoms with Gasteiger partial charge in [0.25, 0.3) is 11.5 Å². The number of carboxylic acids is 1. The van der Waals surface area contributed by atoms with E-state index in [1.54, 1.807) is 0 Å². The van der Waals surface area contributed by atoms with Crippen LogP contribution in [-0.2, 0) is 30.7 Å². The summed E-state index contributed by atoms with van der Waals surface area (Å²) in [4.78, 5) is 30.3. The Hall–Kier alpha value is -4.63. The number of hydrogen-bond donors (Lipinski definition) is 3. The summed E-state index contributed by atoms with van der Waals surface area (Å²) in [6, 6.07) is 16.4. The molecule has 0 saturated carbocycles. The molecule has 1 aliphatic carbocycles. The smallest absolute Gasteiger partial charge is 0.300 e. The molecule has 0 unspecified atom stereocenters. The van der Waals surface area contributed by atoms with E-state index in [1.165, 1.54) is 24.0 Å². The number of nitrogens with zero attached hydrogens (tertiary/aromatic N) is 2. The average Bonchev–Trinajstić information content (AvgIpc) is 3.54. The van der Waals surface area contributed by atoms with Crippen molar-refractivity contribution in [2.75, 3.05) is 6.79 Å². The summed E-state index contributed by atoms with van der Waals surface area (Å²) in [5.41, 5.74) is 14.3. The fourth-order valence-electron chi connectivity index (χ4n) is 5.55. The highest BCUT2D eigenvalue weighted by Gasteiger charge is 2.22. The Morgan fingerprint density at radius 3 is 2.50 bits per heavy atom. The molecular formula is C31H30N4O5. The number of aliphatic carboxylic acids is 1. The Labute approximate surface area is 230 Å². The molecule has 2 aliphatic rings. The molecule has 0 fully saturated rings. The number of aryl methyl sites for hydroxylation is 2. The summed E-state index contributed by atoms with van der Waals surface area (Å²) >= 11 is 0. The van der Waals surface area contributed by atoms with Crippen molar-refractivity contribution in [3.63, 3.8) is 0 Å². The van der Waals surface area contributed by atoms with E-state index in [2.05, 4.69) is 33.8 Å². The first kappa shape index (κ1) is 25.6. The van der Waals surface area contributed by atoms with E-state index in [0.29, 0.717) is 30.3 Å². The van der Waals surface area contributed by atoms with Crippen molar-refractivity contribution in [1.82, 2.24) is 14.5 Å². The number of nitrogens with one attached hydrogen (secondary N) is 1. The third-order valence-electron chi connectivity index (χ3n) is 7.37. The Morgan fingerprint density at radius 1 is 1.05 bits per heavy atom. The number of benzene rings is 3. The maximum atomic E-state index is 13.3. The van der Waals surface area contributed by atoms with Gasteiger partial charge in [-0.25, -0.2) is 4.98 Å². The lowest BCUT2D eigenvalue weighted by Crippen LogP contribution is -2.12. The van der Waals surface area contributed by atoms with Crippen LogP contribution in [0.4, 0.5) is 0 Å². The zero-order chi connectivity index (χ0) is 27.8. The normalized spacial score (nSPS) is 13.7. The molecule has 1 aliphatic heterocycles. The third kappa shape index (κ3) is 4.91. The van der Waals surface area contributed by atoms with E-state index in [0.717, 1.165) is 58.4 Å². The molecule has 3 heterocycles. The van der Waals surface area contributed by atoms with E-state index in [-0.39, 0.29) is 12.4 Å². The first-order chi connectivity index (χ1) is 19.4. The highest BCUT2D eigenvalue weighted by molar-refractivity contribution is 5.98. The highest BCUT2D eigenvalue weighted by atomic mass is 16.7. The Morgan fingerprint density at radius 2 is 1.75 bits per heavy atom. The number of ether oxygens (including phenoxy) is 2. The van der Waals surface area contributed by atoms with Crippen LogP contribution in [0.25, 0.3) is 33.2 Å². The van der Waals surface area contributed by atoms with E-state index < -0.39 is 5.97 Å². The summed E-state index contributed by atoms with van der Waals surface area (Å²) in [5.74, 6) is 0.550. The van der Waals surface area contributed by atoms with Gasteiger partial charge in [0.05, 0.1) is 16.6 Å². The second-order valence-electron chi connectivity index (χ2n) is 10.2. The molecule has 40 heavy (non-hydrogen) atoms. The van der Waals surface area contributed by atoms with Crippen LogP contribution >= 0.6 is 0 Å². The van der Waals surface area contributed by atoms with Gasteiger partial charge < -0.3 is 29.9 Å². The number of aromatic nitrogens is 3. The van der Waals surface area contributed by atoms with Crippen molar-refractivity contribution in [3.8, 4) is 22.8 Å². The lowest BCUT2D eigenvalue weighted by molar-refractivity contribution is -0.134. The summed E-state index contributed by atoms with van der Waals surface area (Å²) < 4.78 is 13.5. The van der Waals surface area contributed by atoms with Crippen LogP contribution in [0.1, 0.15) is 42.0 Å². The topological polar surface area (TPSA) is 132 Å². The molecule has 2 aromatic heterocycles. The van der Waals surface area contributed by atoms with Crippen molar-refractivity contribution in [2.24, 2.45) is 5.73 Å². The van der Waals surface area contributed by atoms with Gasteiger partial charge in [-0.3, -0.25) is 9.59 Å². The number of nitrogens with two attached hydrogens (primary N) is 1. The Kier molecular flexibility index (Phi) is 6.73. The minimum absolute atomic E-state index is 0.190. The minimum Gasteiger partial charge on any atom is -0.481 e. The van der Waals surface area contributed by atoms with Crippen LogP contribution in [0.5, 0.6) is 11.5 Å². The van der Waals surface area contributed by atoms with Gasteiger partial charge in [0.1, 0.15) is 5.69 Å². The molecule has 0 spiro atoms. The van der Waals surface area contributed by atoms with E-state index in [4.69, 9.17) is 30.1 Å². The second kappa shape index (κ2) is 10.5. The Bertz CT molecular complexity index is 1820. The largest absolute Gasteiger partial charge is 0.481 e. The van der Waals surface area contributed by atoms with Crippen LogP contribution in [0.15, 0.2) is 59.5 Å².